The van der Waals surface area contributed by atoms with Gasteiger partial charge in [0.2, 0.25) is 0 Å². The normalized spacial score (nSPS) is 39.7. The van der Waals surface area contributed by atoms with Gasteiger partial charge in [-0.05, 0) is 74.3 Å². The van der Waals surface area contributed by atoms with Gasteiger partial charge in [-0.1, -0.05) is 32.8 Å². The van der Waals surface area contributed by atoms with E-state index in [0.29, 0.717) is 17.8 Å². The molecule has 0 radical (unpaired) electrons. The lowest BCUT2D eigenvalue weighted by Crippen LogP contribution is -2.51. The minimum absolute atomic E-state index is 0.0306. The largest absolute Gasteiger partial charge is 0.427 e. The average Bonchev–Trinajstić information content (AvgIpc) is 3.25. The van der Waals surface area contributed by atoms with Crippen molar-refractivity contribution in [2.24, 2.45) is 29.1 Å². The molecule has 2 bridgehead atoms. The molecule has 4 nitrogen and oxygen atoms in total. The Hall–Kier alpha value is -2.10. The van der Waals surface area contributed by atoms with Gasteiger partial charge in [-0.25, -0.2) is 9.59 Å². The first-order chi connectivity index (χ1) is 14.6. The van der Waals surface area contributed by atoms with Gasteiger partial charge in [0.25, 0.3) is 0 Å². The molecule has 30 heavy (non-hydrogen) atoms. The third kappa shape index (κ3) is 2.18. The van der Waals surface area contributed by atoms with Crippen LogP contribution in [0, 0.1) is 29.1 Å². The van der Waals surface area contributed by atoms with Crippen LogP contribution in [-0.4, -0.2) is 11.9 Å². The van der Waals surface area contributed by atoms with Crippen molar-refractivity contribution >= 4 is 11.9 Å². The van der Waals surface area contributed by atoms with E-state index in [2.05, 4.69) is 26.0 Å². The van der Waals surface area contributed by atoms with Crippen LogP contribution in [0.5, 0.6) is 0 Å². The van der Waals surface area contributed by atoms with E-state index < -0.39 is 5.41 Å². The molecule has 0 N–H and O–H groups in total. The Kier molecular flexibility index (Phi) is 4.01. The van der Waals surface area contributed by atoms with Gasteiger partial charge in [0.15, 0.2) is 0 Å². The number of carbonyl (C=O) groups is 2. The maximum absolute atomic E-state index is 13.3. The highest BCUT2D eigenvalue weighted by molar-refractivity contribution is 6.00. The van der Waals surface area contributed by atoms with Gasteiger partial charge in [0.05, 0.1) is 5.41 Å². The SMILES string of the molecule is CCC/C=C1\OC(=O)C2=C[C@H]3CC[C@]21[C@H]1C2=C4C(=C(CCC)CC[C@@H]4C[C@@H]31)OC2=O. The predicted octanol–water partition coefficient (Wildman–Crippen LogP) is 5.52. The standard InChI is InChI=1S/C26H30O4/c1-3-5-7-19-26-11-10-15(13-18(26)24(27)29-19)17-12-16-9-8-14(6-4-2)23-20(16)21(22(17)26)25(28)30-23/h7,13,15-17,22H,3-6,8-12H2,1-2H3/b19-7-/t15-,16-,17+,22-,26+/m1/s1. The van der Waals surface area contributed by atoms with Gasteiger partial charge in [0.1, 0.15) is 11.5 Å². The zero-order valence-electron chi connectivity index (χ0n) is 18.0. The van der Waals surface area contributed by atoms with Crippen molar-refractivity contribution in [1.82, 2.24) is 0 Å². The molecule has 2 heterocycles. The summed E-state index contributed by atoms with van der Waals surface area (Å²) in [7, 11) is 0. The molecule has 0 unspecified atom stereocenters. The quantitative estimate of drug-likeness (QED) is 0.577. The number of carbonyl (C=O) groups excluding carboxylic acids is 2. The molecule has 1 spiro atoms. The van der Waals surface area contributed by atoms with Crippen LogP contribution in [0.25, 0.3) is 0 Å². The molecule has 7 aliphatic rings. The van der Waals surface area contributed by atoms with Gasteiger partial charge in [-0.3, -0.25) is 0 Å². The van der Waals surface area contributed by atoms with E-state index in [9.17, 15) is 9.59 Å². The van der Waals surface area contributed by atoms with Crippen molar-refractivity contribution in [2.75, 3.05) is 0 Å². The molecular formula is C26H30O4. The second kappa shape index (κ2) is 6.45. The van der Waals surface area contributed by atoms with E-state index in [0.717, 1.165) is 80.5 Å². The summed E-state index contributed by atoms with van der Waals surface area (Å²) in [5, 5.41) is 0. The van der Waals surface area contributed by atoms with Gasteiger partial charge < -0.3 is 9.47 Å². The number of rotatable bonds is 4. The van der Waals surface area contributed by atoms with Gasteiger partial charge in [-0.2, -0.15) is 0 Å². The summed E-state index contributed by atoms with van der Waals surface area (Å²) < 4.78 is 11.9. The van der Waals surface area contributed by atoms with Crippen molar-refractivity contribution in [2.45, 2.75) is 71.6 Å². The Bertz CT molecular complexity index is 977. The van der Waals surface area contributed by atoms with Crippen LogP contribution in [0.3, 0.4) is 0 Å². The number of fused-ring (bicyclic) bond motifs is 1. The summed E-state index contributed by atoms with van der Waals surface area (Å²) in [4.78, 5) is 26.2. The fourth-order valence-corrected chi connectivity index (χ4v) is 7.53. The maximum atomic E-state index is 13.3. The monoisotopic (exact) mass is 406 g/mol. The van der Waals surface area contributed by atoms with Crippen LogP contribution < -0.4 is 0 Å². The fourth-order valence-electron chi connectivity index (χ4n) is 7.53. The summed E-state index contributed by atoms with van der Waals surface area (Å²) in [6.07, 6.45) is 13.6. The zero-order chi connectivity index (χ0) is 20.6. The maximum Gasteiger partial charge on any atom is 0.340 e. The Morgan fingerprint density at radius 2 is 1.97 bits per heavy atom. The molecule has 0 amide bonds. The molecule has 158 valence electrons. The number of ether oxygens (including phenoxy) is 2. The summed E-state index contributed by atoms with van der Waals surface area (Å²) in [6, 6.07) is 0. The van der Waals surface area contributed by atoms with Crippen molar-refractivity contribution < 1.29 is 19.1 Å². The minimum Gasteiger partial charge on any atom is -0.427 e. The highest BCUT2D eigenvalue weighted by Crippen LogP contribution is 2.70. The smallest absolute Gasteiger partial charge is 0.340 e. The van der Waals surface area contributed by atoms with E-state index in [-0.39, 0.29) is 17.9 Å². The van der Waals surface area contributed by atoms with E-state index >= 15 is 0 Å². The van der Waals surface area contributed by atoms with Crippen LogP contribution in [0.4, 0.5) is 0 Å². The number of hydrogen-bond acceptors (Lipinski definition) is 4. The van der Waals surface area contributed by atoms with Crippen LogP contribution in [-0.2, 0) is 19.1 Å². The Balaban J connectivity index is 1.57. The van der Waals surface area contributed by atoms with Crippen molar-refractivity contribution in [3.05, 3.63) is 46.0 Å². The van der Waals surface area contributed by atoms with Crippen LogP contribution in [0.1, 0.15) is 71.6 Å². The Morgan fingerprint density at radius 3 is 2.77 bits per heavy atom. The summed E-state index contributed by atoms with van der Waals surface area (Å²) in [6.45, 7) is 4.33. The molecule has 2 aliphatic heterocycles. The summed E-state index contributed by atoms with van der Waals surface area (Å²) in [5.41, 5.74) is 3.79. The highest BCUT2D eigenvalue weighted by Gasteiger charge is 2.67. The first-order valence-electron chi connectivity index (χ1n) is 11.9. The average molecular weight is 407 g/mol. The third-order valence-electron chi connectivity index (χ3n) is 8.62. The van der Waals surface area contributed by atoms with Gasteiger partial charge in [-0.15, -0.1) is 0 Å². The highest BCUT2D eigenvalue weighted by atomic mass is 16.5. The first-order valence-corrected chi connectivity index (χ1v) is 11.9. The van der Waals surface area contributed by atoms with Crippen LogP contribution in [0.2, 0.25) is 0 Å². The molecule has 0 aromatic rings. The Morgan fingerprint density at radius 1 is 1.10 bits per heavy atom. The molecular weight excluding hydrogens is 376 g/mol. The van der Waals surface area contributed by atoms with E-state index in [4.69, 9.17) is 9.47 Å². The van der Waals surface area contributed by atoms with E-state index in [1.807, 2.05) is 0 Å². The summed E-state index contributed by atoms with van der Waals surface area (Å²) >= 11 is 0. The number of esters is 2. The number of hydrogen-bond donors (Lipinski definition) is 0. The van der Waals surface area contributed by atoms with E-state index in [1.54, 1.807) is 0 Å². The summed E-state index contributed by atoms with van der Waals surface area (Å²) in [5.74, 6) is 2.62. The molecule has 0 aromatic heterocycles. The molecule has 7 rings (SSSR count). The molecule has 2 fully saturated rings. The molecule has 1 saturated carbocycles. The van der Waals surface area contributed by atoms with Crippen molar-refractivity contribution in [3.63, 3.8) is 0 Å². The van der Waals surface area contributed by atoms with Gasteiger partial charge >= 0.3 is 11.9 Å². The number of cyclic esters (lactones) is 1. The number of allylic oxidation sites excluding steroid dienone is 5. The predicted molar refractivity (Wildman–Crippen MR) is 112 cm³/mol. The third-order valence-corrected chi connectivity index (χ3v) is 8.62. The minimum atomic E-state index is -0.449. The zero-order valence-corrected chi connectivity index (χ0v) is 18.0. The van der Waals surface area contributed by atoms with Crippen LogP contribution in [0.15, 0.2) is 46.0 Å². The number of unbranched alkanes of at least 4 members (excludes halogenated alkanes) is 1. The second-order valence-electron chi connectivity index (χ2n) is 10.0. The topological polar surface area (TPSA) is 52.6 Å². The second-order valence-corrected chi connectivity index (χ2v) is 10.0. The Labute approximate surface area is 178 Å². The lowest BCUT2D eigenvalue weighted by Gasteiger charge is -2.55. The van der Waals surface area contributed by atoms with Crippen LogP contribution >= 0.6 is 0 Å². The lowest BCUT2D eigenvalue weighted by atomic mass is 9.45. The van der Waals surface area contributed by atoms with Gasteiger partial charge in [0, 0.05) is 22.6 Å². The van der Waals surface area contributed by atoms with Crippen molar-refractivity contribution in [1.29, 1.82) is 0 Å². The molecule has 4 heteroatoms. The molecule has 5 atom stereocenters. The van der Waals surface area contributed by atoms with Crippen molar-refractivity contribution in [3.8, 4) is 0 Å². The molecule has 0 aromatic carbocycles. The van der Waals surface area contributed by atoms with E-state index in [1.165, 1.54) is 11.1 Å². The lowest BCUT2D eigenvalue weighted by molar-refractivity contribution is -0.135. The fraction of sp³-hybridized carbons (Fsp3) is 0.615. The first kappa shape index (κ1) is 18.7. The molecule has 1 saturated heterocycles. The molecule has 5 aliphatic carbocycles.